The summed E-state index contributed by atoms with van der Waals surface area (Å²) in [7, 11) is -1.60. The second kappa shape index (κ2) is 9.68. The van der Waals surface area contributed by atoms with Crippen molar-refractivity contribution in [2.75, 3.05) is 20.7 Å². The molecule has 2 aromatic carbocycles. The lowest BCUT2D eigenvalue weighted by Crippen LogP contribution is -2.49. The summed E-state index contributed by atoms with van der Waals surface area (Å²) < 4.78 is 79.4. The van der Waals surface area contributed by atoms with Gasteiger partial charge in [-0.05, 0) is 68.9 Å². The summed E-state index contributed by atoms with van der Waals surface area (Å²) in [6.45, 7) is 0.800. The number of ether oxygens (including phenoxy) is 1. The number of rotatable bonds is 2. The smallest absolute Gasteiger partial charge is 0.370 e. The van der Waals surface area contributed by atoms with Gasteiger partial charge >= 0.3 is 15.6 Å². The van der Waals surface area contributed by atoms with Gasteiger partial charge in [0.2, 0.25) is 0 Å². The molecule has 0 bridgehead atoms. The van der Waals surface area contributed by atoms with Crippen LogP contribution in [0.5, 0.6) is 0 Å². The zero-order valence-electron chi connectivity index (χ0n) is 19.8. The molecule has 0 amide bonds. The molecule has 0 unspecified atom stereocenters. The maximum Gasteiger partial charge on any atom is 0.522 e. The minimum absolute atomic E-state index is 0.139. The van der Waals surface area contributed by atoms with Crippen LogP contribution in [0.3, 0.4) is 0 Å². The van der Waals surface area contributed by atoms with Crippen LogP contribution in [0, 0.1) is 5.82 Å². The molecule has 1 N–H and O–H groups in total. The van der Waals surface area contributed by atoms with Crippen LogP contribution in [0.25, 0.3) is 10.1 Å². The summed E-state index contributed by atoms with van der Waals surface area (Å²) in [6.07, 6.45) is 4.88. The van der Waals surface area contributed by atoms with Gasteiger partial charge in [-0.1, -0.05) is 30.3 Å². The normalized spacial score (nSPS) is 24.4. The van der Waals surface area contributed by atoms with E-state index >= 15 is 0 Å². The summed E-state index contributed by atoms with van der Waals surface area (Å²) in [5.41, 5.74) is -3.35. The highest BCUT2D eigenvalue weighted by Crippen LogP contribution is 2.54. The van der Waals surface area contributed by atoms with Crippen LogP contribution in [0.1, 0.15) is 41.7 Å². The first-order valence-corrected chi connectivity index (χ1v) is 13.7. The van der Waals surface area contributed by atoms with Gasteiger partial charge in [0.05, 0.1) is 12.2 Å². The van der Waals surface area contributed by atoms with E-state index in [4.69, 9.17) is 17.7 Å². The highest BCUT2D eigenvalue weighted by Gasteiger charge is 2.49. The Morgan fingerprint density at radius 1 is 1.03 bits per heavy atom. The van der Waals surface area contributed by atoms with E-state index in [0.29, 0.717) is 0 Å². The number of thiophene rings is 1. The van der Waals surface area contributed by atoms with E-state index < -0.39 is 15.6 Å². The number of nitrogens with zero attached hydrogens (tertiary/aromatic N) is 1. The predicted molar refractivity (Wildman–Crippen MR) is 131 cm³/mol. The third-order valence-electron chi connectivity index (χ3n) is 7.23. The molecule has 2 heterocycles. The van der Waals surface area contributed by atoms with Gasteiger partial charge in [0, 0.05) is 27.1 Å². The van der Waals surface area contributed by atoms with Gasteiger partial charge in [0.15, 0.2) is 0 Å². The molecule has 0 saturated heterocycles. The quantitative estimate of drug-likeness (QED) is 0.235. The molecule has 5 rings (SSSR count). The molecule has 1 aromatic heterocycles. The Bertz CT molecular complexity index is 1340. The fraction of sp³-hybridized carbons (Fsp3) is 0.440. The number of benzene rings is 2. The van der Waals surface area contributed by atoms with Gasteiger partial charge in [-0.15, -0.1) is 11.3 Å². The molecule has 0 radical (unpaired) electrons. The third kappa shape index (κ3) is 4.91. The van der Waals surface area contributed by atoms with Crippen molar-refractivity contribution in [3.63, 3.8) is 0 Å². The Morgan fingerprint density at radius 2 is 1.67 bits per heavy atom. The molecular formula is C25H27F4NO4S2. The fourth-order valence-electron chi connectivity index (χ4n) is 5.42. The summed E-state index contributed by atoms with van der Waals surface area (Å²) >= 11 is 1.93. The number of hydrogen-bond donors (Lipinski definition) is 1. The monoisotopic (exact) mass is 545 g/mol. The number of alkyl halides is 3. The molecule has 1 fully saturated rings. The van der Waals surface area contributed by atoms with Crippen molar-refractivity contribution >= 4 is 31.5 Å². The Morgan fingerprint density at radius 3 is 2.25 bits per heavy atom. The van der Waals surface area contributed by atoms with Gasteiger partial charge in [0.25, 0.3) is 0 Å². The van der Waals surface area contributed by atoms with Crippen molar-refractivity contribution in [2.24, 2.45) is 0 Å². The lowest BCUT2D eigenvalue weighted by atomic mass is 9.67. The topological polar surface area (TPSA) is 66.8 Å². The lowest BCUT2D eigenvalue weighted by molar-refractivity contribution is -0.109. The molecule has 0 atom stereocenters. The Balaban J connectivity index is 0.000000331. The molecule has 2 aliphatic rings. The number of hydrogen-bond acceptors (Lipinski definition) is 5. The first kappa shape index (κ1) is 27.0. The Hall–Kier alpha value is -2.05. The molecule has 1 aliphatic heterocycles. The minimum atomic E-state index is -5.84. The molecule has 5 nitrogen and oxygen atoms in total. The number of fused-ring (bicyclic) bond motifs is 4. The van der Waals surface area contributed by atoms with Crippen LogP contribution >= 0.6 is 11.3 Å². The van der Waals surface area contributed by atoms with E-state index in [2.05, 4.69) is 49.3 Å². The highest BCUT2D eigenvalue weighted by molar-refractivity contribution is 7.86. The molecule has 196 valence electrons. The predicted octanol–water partition coefficient (Wildman–Crippen LogP) is 6.23. The second-order valence-corrected chi connectivity index (χ2v) is 11.9. The lowest BCUT2D eigenvalue weighted by Gasteiger charge is -2.51. The van der Waals surface area contributed by atoms with E-state index in [1.807, 2.05) is 17.4 Å². The molecule has 11 heteroatoms. The highest BCUT2D eigenvalue weighted by atomic mass is 32.2. The fourth-order valence-corrected chi connectivity index (χ4v) is 6.69. The van der Waals surface area contributed by atoms with Crippen molar-refractivity contribution in [2.45, 2.75) is 48.8 Å². The summed E-state index contributed by atoms with van der Waals surface area (Å²) in [6, 6.07) is 15.9. The molecule has 1 saturated carbocycles. The third-order valence-corrected chi connectivity index (χ3v) is 9.04. The van der Waals surface area contributed by atoms with Gasteiger partial charge in [-0.25, -0.2) is 4.39 Å². The largest absolute Gasteiger partial charge is 0.522 e. The first-order chi connectivity index (χ1) is 16.8. The molecule has 36 heavy (non-hydrogen) atoms. The van der Waals surface area contributed by atoms with Crippen molar-refractivity contribution < 1.29 is 35.3 Å². The van der Waals surface area contributed by atoms with Gasteiger partial charge in [-0.2, -0.15) is 21.6 Å². The summed E-state index contributed by atoms with van der Waals surface area (Å²) in [4.78, 5) is 3.78. The standard InChI is InChI=1S/C24H26FNOS.CHF3O3S/c1-26(2)23(17-6-5-7-18(25)16-17)11-13-24(14-12-23)22-19-8-3-4-9-20(19)28-21(22)10-15-27-24;2-1(3,4)8(5,6)7/h3-9,16H,10-15H2,1-2H3;(H,5,6,7). The SMILES string of the molecule is CN(C)C1(c2cccc(F)c2)CCC2(CC1)OCCc1sc3ccccc3c12.O=S(=O)(O)C(F)(F)F. The molecule has 3 aromatic rings. The van der Waals surface area contributed by atoms with Gasteiger partial charge < -0.3 is 4.74 Å². The van der Waals surface area contributed by atoms with Crippen LogP contribution in [-0.2, 0) is 32.4 Å². The van der Waals surface area contributed by atoms with Crippen molar-refractivity contribution in [1.29, 1.82) is 0 Å². The summed E-state index contributed by atoms with van der Waals surface area (Å²) in [5.74, 6) is -0.154. The Labute approximate surface area is 211 Å². The van der Waals surface area contributed by atoms with E-state index in [-0.39, 0.29) is 17.0 Å². The first-order valence-electron chi connectivity index (χ1n) is 11.4. The van der Waals surface area contributed by atoms with Crippen LogP contribution in [0.2, 0.25) is 0 Å². The van der Waals surface area contributed by atoms with Gasteiger partial charge in [-0.3, -0.25) is 9.45 Å². The van der Waals surface area contributed by atoms with Crippen LogP contribution < -0.4 is 0 Å². The maximum absolute atomic E-state index is 14.0. The molecular weight excluding hydrogens is 518 g/mol. The summed E-state index contributed by atoms with van der Waals surface area (Å²) in [5, 5.41) is 1.37. The average Bonchev–Trinajstić information content (AvgIpc) is 3.19. The second-order valence-electron chi connectivity index (χ2n) is 9.35. The average molecular weight is 546 g/mol. The van der Waals surface area contributed by atoms with Gasteiger partial charge in [0.1, 0.15) is 5.82 Å². The van der Waals surface area contributed by atoms with Crippen molar-refractivity contribution in [3.05, 3.63) is 70.4 Å². The zero-order valence-corrected chi connectivity index (χ0v) is 21.4. The van der Waals surface area contributed by atoms with Crippen LogP contribution in [0.4, 0.5) is 17.6 Å². The van der Waals surface area contributed by atoms with E-state index in [1.54, 1.807) is 6.07 Å². The van der Waals surface area contributed by atoms with Crippen LogP contribution in [0.15, 0.2) is 48.5 Å². The minimum Gasteiger partial charge on any atom is -0.370 e. The Kier molecular flexibility index (Phi) is 7.26. The molecule has 1 spiro atoms. The van der Waals surface area contributed by atoms with Crippen molar-refractivity contribution in [3.8, 4) is 0 Å². The van der Waals surface area contributed by atoms with Crippen molar-refractivity contribution in [1.82, 2.24) is 4.90 Å². The van der Waals surface area contributed by atoms with E-state index in [9.17, 15) is 17.6 Å². The maximum atomic E-state index is 14.0. The van der Waals surface area contributed by atoms with E-state index in [1.165, 1.54) is 26.6 Å². The molecule has 1 aliphatic carbocycles. The zero-order chi connectivity index (χ0) is 26.4. The van der Waals surface area contributed by atoms with Crippen LogP contribution in [-0.4, -0.2) is 44.1 Å². The number of halogens is 4. The van der Waals surface area contributed by atoms with E-state index in [0.717, 1.165) is 44.3 Å².